The molecule has 0 radical (unpaired) electrons. The van der Waals surface area contributed by atoms with Crippen LogP contribution >= 0.6 is 0 Å². The number of likely N-dealkylation sites (N-methyl/N-ethyl adjacent to an activating group) is 1. The third-order valence-electron chi connectivity index (χ3n) is 9.08. The second-order valence-corrected chi connectivity index (χ2v) is 12.9. The van der Waals surface area contributed by atoms with Gasteiger partial charge >= 0.3 is 0 Å². The van der Waals surface area contributed by atoms with E-state index in [2.05, 4.69) is 59.5 Å². The van der Waals surface area contributed by atoms with Crippen LogP contribution in [0.3, 0.4) is 0 Å². The van der Waals surface area contributed by atoms with Gasteiger partial charge in [0.05, 0.1) is 18.3 Å². The van der Waals surface area contributed by atoms with E-state index in [0.717, 1.165) is 55.1 Å². The molecular formula is C38H56FN5O. The van der Waals surface area contributed by atoms with E-state index in [4.69, 9.17) is 0 Å². The lowest BCUT2D eigenvalue weighted by molar-refractivity contribution is -0.115. The highest BCUT2D eigenvalue weighted by Crippen LogP contribution is 2.28. The summed E-state index contributed by atoms with van der Waals surface area (Å²) in [4.78, 5) is 17.2. The predicted octanol–water partition coefficient (Wildman–Crippen LogP) is 7.37. The number of anilines is 1. The van der Waals surface area contributed by atoms with Crippen molar-refractivity contribution in [2.45, 2.75) is 83.6 Å². The number of benzene rings is 2. The van der Waals surface area contributed by atoms with Crippen LogP contribution in [-0.4, -0.2) is 61.5 Å². The van der Waals surface area contributed by atoms with E-state index in [9.17, 15) is 4.79 Å². The summed E-state index contributed by atoms with van der Waals surface area (Å²) in [5, 5.41) is 9.27. The minimum atomic E-state index is -0.470. The molecule has 1 heterocycles. The molecule has 2 aromatic rings. The summed E-state index contributed by atoms with van der Waals surface area (Å²) in [6.45, 7) is 22.5. The van der Waals surface area contributed by atoms with Crippen molar-refractivity contribution < 1.29 is 9.18 Å². The second kappa shape index (κ2) is 17.8. The van der Waals surface area contributed by atoms with Crippen molar-refractivity contribution in [3.63, 3.8) is 0 Å². The van der Waals surface area contributed by atoms with Gasteiger partial charge in [0.2, 0.25) is 5.91 Å². The SMILES string of the molecule is C1CCCCC1.C=C(CC)NC(Cc1ccc(NC(=O)CNC(=C)C(C)(C)c2ccccc2)c(F)c1)C(=C)N1CCN(C)CC1. The molecule has 0 aromatic heterocycles. The highest BCUT2D eigenvalue weighted by Gasteiger charge is 2.25. The van der Waals surface area contributed by atoms with E-state index in [1.165, 1.54) is 44.6 Å². The normalized spacial score (nSPS) is 16.1. The molecule has 1 aliphatic heterocycles. The molecule has 0 bridgehead atoms. The summed E-state index contributed by atoms with van der Waals surface area (Å²) in [7, 11) is 2.12. The molecule has 2 fully saturated rings. The van der Waals surface area contributed by atoms with Gasteiger partial charge in [0, 0.05) is 48.7 Å². The lowest BCUT2D eigenvalue weighted by Crippen LogP contribution is -2.48. The number of halogens is 1. The number of rotatable bonds is 13. The summed E-state index contributed by atoms with van der Waals surface area (Å²) in [6, 6.07) is 14.8. The van der Waals surface area contributed by atoms with Gasteiger partial charge in [-0.1, -0.05) is 115 Å². The van der Waals surface area contributed by atoms with Gasteiger partial charge < -0.3 is 25.8 Å². The Kier molecular flexibility index (Phi) is 14.2. The van der Waals surface area contributed by atoms with Crippen molar-refractivity contribution in [1.29, 1.82) is 0 Å². The van der Waals surface area contributed by atoms with E-state index in [1.807, 2.05) is 50.2 Å². The zero-order chi connectivity index (χ0) is 32.8. The topological polar surface area (TPSA) is 59.6 Å². The highest BCUT2D eigenvalue weighted by atomic mass is 19.1. The van der Waals surface area contributed by atoms with Gasteiger partial charge in [0.1, 0.15) is 5.82 Å². The smallest absolute Gasteiger partial charge is 0.243 e. The second-order valence-electron chi connectivity index (χ2n) is 12.9. The maximum atomic E-state index is 15.1. The van der Waals surface area contributed by atoms with Crippen LogP contribution in [0.1, 0.15) is 76.8 Å². The lowest BCUT2D eigenvalue weighted by atomic mass is 9.82. The summed E-state index contributed by atoms with van der Waals surface area (Å²) in [5.41, 5.74) is 4.32. The summed E-state index contributed by atoms with van der Waals surface area (Å²) >= 11 is 0. The number of hydrogen-bond donors (Lipinski definition) is 3. The van der Waals surface area contributed by atoms with Crippen LogP contribution in [0.15, 0.2) is 85.4 Å². The molecule has 4 rings (SSSR count). The minimum Gasteiger partial charge on any atom is -0.380 e. The van der Waals surface area contributed by atoms with Crippen molar-refractivity contribution in [2.24, 2.45) is 0 Å². The monoisotopic (exact) mass is 617 g/mol. The lowest BCUT2D eigenvalue weighted by Gasteiger charge is -2.38. The van der Waals surface area contributed by atoms with Crippen LogP contribution in [0.25, 0.3) is 0 Å². The molecule has 1 atom stereocenters. The van der Waals surface area contributed by atoms with Crippen LogP contribution in [0, 0.1) is 5.82 Å². The van der Waals surface area contributed by atoms with Gasteiger partial charge in [0.15, 0.2) is 0 Å². The first kappa shape index (κ1) is 35.9. The molecule has 45 heavy (non-hydrogen) atoms. The first-order valence-electron chi connectivity index (χ1n) is 16.6. The summed E-state index contributed by atoms with van der Waals surface area (Å²) < 4.78 is 15.1. The Hall–Kier alpha value is -3.58. The largest absolute Gasteiger partial charge is 0.380 e. The Labute approximate surface area is 271 Å². The summed E-state index contributed by atoms with van der Waals surface area (Å²) in [6.07, 6.45) is 10.4. The van der Waals surface area contributed by atoms with Crippen LogP contribution in [0.4, 0.5) is 10.1 Å². The third-order valence-corrected chi connectivity index (χ3v) is 9.08. The fourth-order valence-electron chi connectivity index (χ4n) is 5.63. The van der Waals surface area contributed by atoms with E-state index in [-0.39, 0.29) is 29.6 Å². The van der Waals surface area contributed by atoms with E-state index in [1.54, 1.807) is 6.07 Å². The molecule has 2 aliphatic rings. The van der Waals surface area contributed by atoms with Gasteiger partial charge in [-0.15, -0.1) is 0 Å². The molecule has 2 aromatic carbocycles. The van der Waals surface area contributed by atoms with Crippen molar-refractivity contribution in [3.8, 4) is 0 Å². The number of hydrogen-bond acceptors (Lipinski definition) is 5. The Bertz CT molecular complexity index is 1250. The molecule has 1 saturated carbocycles. The van der Waals surface area contributed by atoms with Crippen LogP contribution in [0.5, 0.6) is 0 Å². The third kappa shape index (κ3) is 11.4. The van der Waals surface area contributed by atoms with Crippen molar-refractivity contribution in [2.75, 3.05) is 45.1 Å². The fourth-order valence-corrected chi connectivity index (χ4v) is 5.63. The number of amides is 1. The standard InChI is InChI=1S/C32H44FN5O.C6H12/c1-8-23(2)35-30(24(3)38-18-16-37(7)17-19-38)21-26-14-15-29(28(33)20-26)36-31(39)22-34-25(4)32(5,6)27-12-10-9-11-13-27;1-2-4-6-5-3-1/h9-15,20,30,34-35H,2-4,8,16-19,21-22H2,1,5-7H3,(H,36,39);1-6H2. The average Bonchev–Trinajstić information content (AvgIpc) is 3.06. The molecule has 1 unspecified atom stereocenters. The molecule has 1 aliphatic carbocycles. The quantitative estimate of drug-likeness (QED) is 0.219. The fraction of sp³-hybridized carbons (Fsp3) is 0.500. The molecule has 3 N–H and O–H groups in total. The van der Waals surface area contributed by atoms with Crippen LogP contribution in [0.2, 0.25) is 0 Å². The van der Waals surface area contributed by atoms with Gasteiger partial charge in [-0.2, -0.15) is 0 Å². The zero-order valence-electron chi connectivity index (χ0n) is 28.2. The number of carbonyl (C=O) groups is 1. The van der Waals surface area contributed by atoms with E-state index >= 15 is 4.39 Å². The van der Waals surface area contributed by atoms with E-state index < -0.39 is 5.82 Å². The number of nitrogens with one attached hydrogen (secondary N) is 3. The molecule has 246 valence electrons. The predicted molar refractivity (Wildman–Crippen MR) is 188 cm³/mol. The maximum Gasteiger partial charge on any atom is 0.243 e. The minimum absolute atomic E-state index is 0.00768. The summed E-state index contributed by atoms with van der Waals surface area (Å²) in [5.74, 6) is -0.809. The number of carbonyl (C=O) groups excluding carboxylic acids is 1. The number of allylic oxidation sites excluding steroid dienone is 2. The highest BCUT2D eigenvalue weighted by molar-refractivity contribution is 5.92. The molecular weight excluding hydrogens is 561 g/mol. The molecule has 1 amide bonds. The Morgan fingerprint density at radius 2 is 1.53 bits per heavy atom. The number of nitrogens with zero attached hydrogens (tertiary/aromatic N) is 2. The van der Waals surface area contributed by atoms with E-state index in [0.29, 0.717) is 12.1 Å². The molecule has 1 saturated heterocycles. The molecule has 0 spiro atoms. The van der Waals surface area contributed by atoms with Gasteiger partial charge in [-0.05, 0) is 43.1 Å². The van der Waals surface area contributed by atoms with Crippen LogP contribution < -0.4 is 16.0 Å². The van der Waals surface area contributed by atoms with Gasteiger partial charge in [0.25, 0.3) is 0 Å². The Balaban J connectivity index is 0.000000821. The molecule has 7 heteroatoms. The Morgan fingerprint density at radius 1 is 0.933 bits per heavy atom. The zero-order valence-corrected chi connectivity index (χ0v) is 28.2. The van der Waals surface area contributed by atoms with Crippen molar-refractivity contribution >= 4 is 11.6 Å². The van der Waals surface area contributed by atoms with Gasteiger partial charge in [-0.3, -0.25) is 4.79 Å². The van der Waals surface area contributed by atoms with Crippen molar-refractivity contribution in [1.82, 2.24) is 20.4 Å². The first-order valence-corrected chi connectivity index (χ1v) is 16.6. The first-order chi connectivity index (χ1) is 21.5. The number of piperazine rings is 1. The maximum absolute atomic E-state index is 15.1. The average molecular weight is 618 g/mol. The Morgan fingerprint density at radius 3 is 2.09 bits per heavy atom. The van der Waals surface area contributed by atoms with Crippen LogP contribution in [-0.2, 0) is 16.6 Å². The van der Waals surface area contributed by atoms with Crippen molar-refractivity contribution in [3.05, 3.63) is 102 Å². The van der Waals surface area contributed by atoms with Gasteiger partial charge in [-0.25, -0.2) is 4.39 Å². The molecule has 6 nitrogen and oxygen atoms in total.